The largest absolute Gasteiger partial charge is 0.741 e. The van der Waals surface area contributed by atoms with Gasteiger partial charge in [0.25, 0.3) is 0 Å². The Bertz CT molecular complexity index is 1200. The van der Waals surface area contributed by atoms with Gasteiger partial charge in [-0.3, -0.25) is 0 Å². The van der Waals surface area contributed by atoms with Crippen LogP contribution in [0.1, 0.15) is 22.6 Å². The lowest BCUT2D eigenvalue weighted by Crippen LogP contribution is -2.66. The molecular weight excluding hydrogens is 463 g/mol. The van der Waals surface area contributed by atoms with Crippen molar-refractivity contribution >= 4 is 15.7 Å². The van der Waals surface area contributed by atoms with Crippen LogP contribution < -0.4 is 0 Å². The molecule has 0 aromatic heterocycles. The molecule has 3 aromatic carbocycles. The number of alkyl halides is 3. The highest BCUT2D eigenvalue weighted by molar-refractivity contribution is 7.86. The third kappa shape index (κ3) is 5.94. The van der Waals surface area contributed by atoms with Crippen LogP contribution in [0.5, 0.6) is 0 Å². The first-order valence-corrected chi connectivity index (χ1v) is 12.0. The minimum absolute atomic E-state index is 0.403. The van der Waals surface area contributed by atoms with E-state index < -0.39 is 15.6 Å². The van der Waals surface area contributed by atoms with Gasteiger partial charge in [-0.25, -0.2) is 8.42 Å². The van der Waals surface area contributed by atoms with E-state index in [1.54, 1.807) is 0 Å². The molecule has 1 fully saturated rings. The van der Waals surface area contributed by atoms with Gasteiger partial charge in [0.2, 0.25) is 0 Å². The van der Waals surface area contributed by atoms with Crippen molar-refractivity contribution in [3.63, 3.8) is 0 Å². The summed E-state index contributed by atoms with van der Waals surface area (Å²) in [5, 5.41) is 0. The Balaban J connectivity index is 0.000000350. The number of quaternary nitrogens is 1. The molecule has 1 aliphatic heterocycles. The maximum Gasteiger partial charge on any atom is 0.485 e. The van der Waals surface area contributed by atoms with E-state index in [-0.39, 0.29) is 0 Å². The Morgan fingerprint density at radius 2 is 1.38 bits per heavy atom. The predicted molar refractivity (Wildman–Crippen MR) is 125 cm³/mol. The van der Waals surface area contributed by atoms with Gasteiger partial charge >= 0.3 is 5.51 Å². The van der Waals surface area contributed by atoms with E-state index in [4.69, 9.17) is 13.0 Å². The summed E-state index contributed by atoms with van der Waals surface area (Å²) < 4.78 is 59.9. The van der Waals surface area contributed by atoms with Crippen LogP contribution in [0.2, 0.25) is 0 Å². The lowest BCUT2D eigenvalue weighted by atomic mass is 9.74. The number of halogens is 3. The highest BCUT2D eigenvalue weighted by atomic mass is 32.2. The molecule has 0 N–H and O–H groups in total. The van der Waals surface area contributed by atoms with E-state index in [0.29, 0.717) is 12.0 Å². The van der Waals surface area contributed by atoms with Gasteiger partial charge in [0.05, 0.1) is 19.5 Å². The average Bonchev–Trinajstić information content (AvgIpc) is 2.78. The van der Waals surface area contributed by atoms with Crippen molar-refractivity contribution in [1.82, 2.24) is 0 Å². The van der Waals surface area contributed by atoms with Gasteiger partial charge in [-0.1, -0.05) is 97.6 Å². The first-order chi connectivity index (χ1) is 15.9. The van der Waals surface area contributed by atoms with Crippen molar-refractivity contribution in [1.29, 1.82) is 0 Å². The van der Waals surface area contributed by atoms with E-state index in [0.717, 1.165) is 17.6 Å². The fraction of sp³-hybridized carbons (Fsp3) is 0.231. The van der Waals surface area contributed by atoms with Crippen molar-refractivity contribution in [3.05, 3.63) is 114 Å². The summed E-state index contributed by atoms with van der Waals surface area (Å²) in [6.45, 7) is 6.73. The molecule has 3 atom stereocenters. The molecule has 1 aliphatic rings. The van der Waals surface area contributed by atoms with Gasteiger partial charge in [-0.15, -0.1) is 0 Å². The topological polar surface area (TPSA) is 57.2 Å². The second kappa shape index (κ2) is 10.1. The molecule has 3 aromatic rings. The number of hydrogen-bond acceptors (Lipinski definition) is 3. The second-order valence-electron chi connectivity index (χ2n) is 8.56. The normalized spacial score (nSPS) is 22.1. The number of rotatable bonds is 5. The van der Waals surface area contributed by atoms with E-state index in [9.17, 15) is 13.2 Å². The minimum atomic E-state index is -6.09. The van der Waals surface area contributed by atoms with Crippen molar-refractivity contribution in [3.8, 4) is 0 Å². The quantitative estimate of drug-likeness (QED) is 0.268. The number of likely N-dealkylation sites (N-methyl/N-ethyl adjacent to an activating group) is 1. The molecule has 34 heavy (non-hydrogen) atoms. The van der Waals surface area contributed by atoms with Crippen LogP contribution >= 0.6 is 0 Å². The monoisotopic (exact) mass is 489 g/mol. The minimum Gasteiger partial charge on any atom is -0.741 e. The summed E-state index contributed by atoms with van der Waals surface area (Å²) in [5.41, 5.74) is -0.308. The number of likely N-dealkylation sites (tertiary alicyclic amines) is 1. The Kier molecular flexibility index (Phi) is 7.65. The Labute approximate surface area is 198 Å². The SMILES string of the molecule is C=C(c1ccccc1)[C@H]1[C@H](c2ccccc2)C[N@+]1(C)Cc1ccccc1.O=S(=O)([O-])C(F)(F)F. The van der Waals surface area contributed by atoms with Crippen molar-refractivity contribution in [2.75, 3.05) is 13.6 Å². The maximum atomic E-state index is 10.7. The predicted octanol–water partition coefficient (Wildman–Crippen LogP) is 5.56. The van der Waals surface area contributed by atoms with Gasteiger partial charge in [-0.05, 0) is 11.1 Å². The van der Waals surface area contributed by atoms with E-state index in [2.05, 4.69) is 105 Å². The highest BCUT2D eigenvalue weighted by Crippen LogP contribution is 2.46. The molecule has 0 unspecified atom stereocenters. The van der Waals surface area contributed by atoms with Crippen LogP contribution in [-0.4, -0.2) is 42.6 Å². The smallest absolute Gasteiger partial charge is 0.485 e. The average molecular weight is 490 g/mol. The molecule has 4 nitrogen and oxygen atoms in total. The summed E-state index contributed by atoms with van der Waals surface area (Å²) in [7, 11) is -3.71. The van der Waals surface area contributed by atoms with Gasteiger partial charge in [-0.2, -0.15) is 13.2 Å². The lowest BCUT2D eigenvalue weighted by molar-refractivity contribution is -0.979. The fourth-order valence-electron chi connectivity index (χ4n) is 4.55. The molecule has 8 heteroatoms. The molecule has 180 valence electrons. The second-order valence-corrected chi connectivity index (χ2v) is 9.93. The highest BCUT2D eigenvalue weighted by Gasteiger charge is 2.53. The zero-order valence-corrected chi connectivity index (χ0v) is 19.5. The zero-order chi connectivity index (χ0) is 25.0. The third-order valence-corrected chi connectivity index (χ3v) is 6.63. The van der Waals surface area contributed by atoms with Gasteiger partial charge in [0, 0.05) is 11.1 Å². The van der Waals surface area contributed by atoms with Gasteiger partial charge in [0.1, 0.15) is 12.6 Å². The molecule has 0 spiro atoms. The van der Waals surface area contributed by atoms with E-state index >= 15 is 0 Å². The Hall–Kier alpha value is -2.94. The number of hydrogen-bond donors (Lipinski definition) is 0. The van der Waals surface area contributed by atoms with E-state index in [1.807, 2.05) is 0 Å². The zero-order valence-electron chi connectivity index (χ0n) is 18.7. The van der Waals surface area contributed by atoms with Crippen LogP contribution in [-0.2, 0) is 16.7 Å². The maximum absolute atomic E-state index is 10.7. The third-order valence-electron chi connectivity index (χ3n) is 6.07. The standard InChI is InChI=1S/C25H26N.CHF3O3S/c1-20(22-14-8-4-9-15-22)25-24(23-16-10-5-11-17-23)19-26(25,2)18-21-12-6-3-7-13-21;2-1(3,4)8(5,6)7/h3-17,24-25H,1,18-19H2,2H3;(H,5,6,7)/q+1;/p-1/t24-,25-,26-;/m0./s1. The van der Waals surface area contributed by atoms with Crippen LogP contribution in [0.4, 0.5) is 13.2 Å². The summed E-state index contributed by atoms with van der Waals surface area (Å²) in [6, 6.07) is 32.8. The van der Waals surface area contributed by atoms with Crippen molar-refractivity contribution < 1.29 is 30.6 Å². The lowest BCUT2D eigenvalue weighted by Gasteiger charge is -2.56. The molecule has 4 rings (SSSR count). The molecular formula is C26H26F3NO3S. The molecule has 0 amide bonds. The van der Waals surface area contributed by atoms with Crippen LogP contribution in [0.25, 0.3) is 5.57 Å². The van der Waals surface area contributed by atoms with Crippen LogP contribution in [0.3, 0.4) is 0 Å². The summed E-state index contributed by atoms with van der Waals surface area (Å²) in [6.07, 6.45) is 0. The van der Waals surface area contributed by atoms with Crippen LogP contribution in [0.15, 0.2) is 97.6 Å². The molecule has 0 bridgehead atoms. The Morgan fingerprint density at radius 3 is 1.85 bits per heavy atom. The van der Waals surface area contributed by atoms with Gasteiger partial charge in [0.15, 0.2) is 10.1 Å². The first kappa shape index (κ1) is 25.7. The Morgan fingerprint density at radius 1 is 0.941 bits per heavy atom. The molecule has 0 saturated carbocycles. The van der Waals surface area contributed by atoms with Crippen molar-refractivity contribution in [2.45, 2.75) is 24.0 Å². The van der Waals surface area contributed by atoms with Crippen molar-refractivity contribution in [2.24, 2.45) is 0 Å². The summed E-state index contributed by atoms with van der Waals surface area (Å²) in [5.74, 6) is 0.526. The molecule has 0 aliphatic carbocycles. The summed E-state index contributed by atoms with van der Waals surface area (Å²) >= 11 is 0. The summed E-state index contributed by atoms with van der Waals surface area (Å²) in [4.78, 5) is 0. The number of nitrogens with zero attached hydrogens (tertiary/aromatic N) is 1. The molecule has 0 radical (unpaired) electrons. The fourth-order valence-corrected chi connectivity index (χ4v) is 4.55. The van der Waals surface area contributed by atoms with E-state index in [1.165, 1.54) is 22.3 Å². The molecule has 1 heterocycles. The van der Waals surface area contributed by atoms with Gasteiger partial charge < -0.3 is 9.04 Å². The number of benzene rings is 3. The first-order valence-electron chi connectivity index (χ1n) is 10.6. The molecule has 1 saturated heterocycles. The van der Waals surface area contributed by atoms with Crippen LogP contribution in [0, 0.1) is 0 Å².